The number of carbonyl (C=O) groups is 1. The topological polar surface area (TPSA) is 38.3 Å². The Morgan fingerprint density at radius 3 is 2.45 bits per heavy atom. The second-order valence-corrected chi connectivity index (χ2v) is 4.73. The first-order chi connectivity index (χ1) is 9.60. The number of benzene rings is 2. The van der Waals surface area contributed by atoms with E-state index in [9.17, 15) is 4.79 Å². The molecule has 1 amide bonds. The van der Waals surface area contributed by atoms with E-state index in [2.05, 4.69) is 5.32 Å². The fourth-order valence-corrected chi connectivity index (χ4v) is 1.98. The smallest absolute Gasteiger partial charge is 0.255 e. The molecule has 0 atom stereocenters. The van der Waals surface area contributed by atoms with E-state index in [4.69, 9.17) is 4.74 Å². The van der Waals surface area contributed by atoms with E-state index < -0.39 is 0 Å². The minimum atomic E-state index is -0.0876. The lowest BCUT2D eigenvalue weighted by Crippen LogP contribution is -2.13. The monoisotopic (exact) mass is 269 g/mol. The summed E-state index contributed by atoms with van der Waals surface area (Å²) in [6.45, 7) is 6.49. The summed E-state index contributed by atoms with van der Waals surface area (Å²) in [5.41, 5.74) is 3.52. The number of hydrogen-bond donors (Lipinski definition) is 1. The summed E-state index contributed by atoms with van der Waals surface area (Å²) < 4.78 is 5.37. The summed E-state index contributed by atoms with van der Waals surface area (Å²) in [5.74, 6) is 0.715. The van der Waals surface area contributed by atoms with Gasteiger partial charge in [-0.3, -0.25) is 4.79 Å². The highest BCUT2D eigenvalue weighted by Gasteiger charge is 2.09. The van der Waals surface area contributed by atoms with Crippen molar-refractivity contribution in [3.63, 3.8) is 0 Å². The van der Waals surface area contributed by atoms with Crippen LogP contribution in [0.3, 0.4) is 0 Å². The van der Waals surface area contributed by atoms with E-state index in [1.807, 2.05) is 63.2 Å². The van der Waals surface area contributed by atoms with E-state index in [0.29, 0.717) is 12.2 Å². The SMILES string of the molecule is CCOc1ccc(NC(=O)c2cc(C)ccc2C)cc1. The van der Waals surface area contributed by atoms with E-state index in [-0.39, 0.29) is 5.91 Å². The van der Waals surface area contributed by atoms with Gasteiger partial charge in [-0.15, -0.1) is 0 Å². The first-order valence-corrected chi connectivity index (χ1v) is 6.71. The van der Waals surface area contributed by atoms with Crippen LogP contribution in [0.1, 0.15) is 28.4 Å². The van der Waals surface area contributed by atoms with Crippen molar-refractivity contribution < 1.29 is 9.53 Å². The fourth-order valence-electron chi connectivity index (χ4n) is 1.98. The molecule has 104 valence electrons. The summed E-state index contributed by atoms with van der Waals surface area (Å²) in [6.07, 6.45) is 0. The summed E-state index contributed by atoms with van der Waals surface area (Å²) in [6, 6.07) is 13.2. The Labute approximate surface area is 119 Å². The molecule has 0 heterocycles. The molecule has 0 aliphatic heterocycles. The third kappa shape index (κ3) is 3.38. The normalized spacial score (nSPS) is 10.2. The zero-order valence-electron chi connectivity index (χ0n) is 12.1. The van der Waals surface area contributed by atoms with Crippen molar-refractivity contribution >= 4 is 11.6 Å². The summed E-state index contributed by atoms with van der Waals surface area (Å²) in [7, 11) is 0. The first kappa shape index (κ1) is 14.1. The van der Waals surface area contributed by atoms with Crippen LogP contribution in [0.2, 0.25) is 0 Å². The van der Waals surface area contributed by atoms with E-state index >= 15 is 0 Å². The number of nitrogens with one attached hydrogen (secondary N) is 1. The zero-order chi connectivity index (χ0) is 14.5. The van der Waals surface area contributed by atoms with Gasteiger partial charge in [-0.25, -0.2) is 0 Å². The molecule has 2 rings (SSSR count). The Morgan fingerprint density at radius 1 is 1.10 bits per heavy atom. The molecule has 0 aliphatic rings. The van der Waals surface area contributed by atoms with Gasteiger partial charge < -0.3 is 10.1 Å². The molecule has 0 bridgehead atoms. The molecular formula is C17H19NO2. The molecule has 0 fully saturated rings. The Balaban J connectivity index is 2.13. The van der Waals surface area contributed by atoms with Gasteiger partial charge in [0.15, 0.2) is 0 Å². The maximum atomic E-state index is 12.3. The number of rotatable bonds is 4. The highest BCUT2D eigenvalue weighted by molar-refractivity contribution is 6.05. The van der Waals surface area contributed by atoms with E-state index in [1.54, 1.807) is 0 Å². The molecule has 2 aromatic rings. The molecule has 20 heavy (non-hydrogen) atoms. The molecule has 0 radical (unpaired) electrons. The second-order valence-electron chi connectivity index (χ2n) is 4.73. The van der Waals surface area contributed by atoms with Crippen molar-refractivity contribution in [2.24, 2.45) is 0 Å². The highest BCUT2D eigenvalue weighted by Crippen LogP contribution is 2.18. The lowest BCUT2D eigenvalue weighted by molar-refractivity contribution is 0.102. The van der Waals surface area contributed by atoms with Crippen molar-refractivity contribution in [1.82, 2.24) is 0 Å². The van der Waals surface area contributed by atoms with Crippen LogP contribution >= 0.6 is 0 Å². The Bertz CT molecular complexity index is 603. The van der Waals surface area contributed by atoms with Gasteiger partial charge in [0.05, 0.1) is 6.61 Å². The Kier molecular flexibility index (Phi) is 4.41. The summed E-state index contributed by atoms with van der Waals surface area (Å²) in [5, 5.41) is 2.90. The van der Waals surface area contributed by atoms with Gasteiger partial charge in [-0.2, -0.15) is 0 Å². The summed E-state index contributed by atoms with van der Waals surface area (Å²) >= 11 is 0. The lowest BCUT2D eigenvalue weighted by Gasteiger charge is -2.09. The van der Waals surface area contributed by atoms with Crippen molar-refractivity contribution in [3.8, 4) is 5.75 Å². The number of hydrogen-bond acceptors (Lipinski definition) is 2. The van der Waals surface area contributed by atoms with Gasteiger partial charge in [-0.1, -0.05) is 17.7 Å². The molecule has 0 spiro atoms. The Hall–Kier alpha value is -2.29. The van der Waals surface area contributed by atoms with Crippen molar-refractivity contribution in [2.75, 3.05) is 11.9 Å². The third-order valence-corrected chi connectivity index (χ3v) is 3.06. The number of aryl methyl sites for hydroxylation is 2. The average molecular weight is 269 g/mol. The van der Waals surface area contributed by atoms with Crippen molar-refractivity contribution in [2.45, 2.75) is 20.8 Å². The zero-order valence-corrected chi connectivity index (χ0v) is 12.1. The predicted molar refractivity (Wildman–Crippen MR) is 81.5 cm³/mol. The average Bonchev–Trinajstić information content (AvgIpc) is 2.44. The second kappa shape index (κ2) is 6.24. The van der Waals surface area contributed by atoms with Crippen LogP contribution in [0, 0.1) is 13.8 Å². The minimum Gasteiger partial charge on any atom is -0.494 e. The molecule has 0 aliphatic carbocycles. The standard InChI is InChI=1S/C17H19NO2/c1-4-20-15-9-7-14(8-10-15)18-17(19)16-11-12(2)5-6-13(16)3/h5-11H,4H2,1-3H3,(H,18,19). The molecule has 3 nitrogen and oxygen atoms in total. The maximum Gasteiger partial charge on any atom is 0.255 e. The van der Waals surface area contributed by atoms with Gasteiger partial charge >= 0.3 is 0 Å². The molecular weight excluding hydrogens is 250 g/mol. The maximum absolute atomic E-state index is 12.3. The minimum absolute atomic E-state index is 0.0876. The summed E-state index contributed by atoms with van der Waals surface area (Å²) in [4.78, 5) is 12.3. The number of carbonyl (C=O) groups excluding carboxylic acids is 1. The predicted octanol–water partition coefficient (Wildman–Crippen LogP) is 3.95. The first-order valence-electron chi connectivity index (χ1n) is 6.71. The highest BCUT2D eigenvalue weighted by atomic mass is 16.5. The van der Waals surface area contributed by atoms with Gasteiger partial charge in [0.1, 0.15) is 5.75 Å². The molecule has 0 unspecified atom stereocenters. The third-order valence-electron chi connectivity index (χ3n) is 3.06. The molecule has 0 saturated carbocycles. The van der Waals surface area contributed by atoms with Crippen molar-refractivity contribution in [1.29, 1.82) is 0 Å². The molecule has 1 N–H and O–H groups in total. The quantitative estimate of drug-likeness (QED) is 0.912. The molecule has 3 heteroatoms. The van der Waals surface area contributed by atoms with Gasteiger partial charge in [0.25, 0.3) is 5.91 Å². The van der Waals surface area contributed by atoms with Crippen LogP contribution in [0.4, 0.5) is 5.69 Å². The molecule has 0 saturated heterocycles. The van der Waals surface area contributed by atoms with Gasteiger partial charge in [0.2, 0.25) is 0 Å². The fraction of sp³-hybridized carbons (Fsp3) is 0.235. The van der Waals surface area contributed by atoms with E-state index in [1.165, 1.54) is 0 Å². The van der Waals surface area contributed by atoms with Crippen LogP contribution in [0.25, 0.3) is 0 Å². The van der Waals surface area contributed by atoms with Crippen LogP contribution in [0.5, 0.6) is 5.75 Å². The van der Waals surface area contributed by atoms with E-state index in [0.717, 1.165) is 22.6 Å². The van der Waals surface area contributed by atoms with Crippen LogP contribution in [-0.4, -0.2) is 12.5 Å². The molecule has 0 aromatic heterocycles. The number of amides is 1. The van der Waals surface area contributed by atoms with Crippen LogP contribution < -0.4 is 10.1 Å². The van der Waals surface area contributed by atoms with Gasteiger partial charge in [0, 0.05) is 11.3 Å². The largest absolute Gasteiger partial charge is 0.494 e. The number of anilines is 1. The Morgan fingerprint density at radius 2 is 1.80 bits per heavy atom. The molecule has 2 aromatic carbocycles. The van der Waals surface area contributed by atoms with Crippen LogP contribution in [-0.2, 0) is 0 Å². The van der Waals surface area contributed by atoms with Crippen molar-refractivity contribution in [3.05, 3.63) is 59.2 Å². The lowest BCUT2D eigenvalue weighted by atomic mass is 10.1. The van der Waals surface area contributed by atoms with Crippen LogP contribution in [0.15, 0.2) is 42.5 Å². The van der Waals surface area contributed by atoms with Gasteiger partial charge in [-0.05, 0) is 56.7 Å². The number of ether oxygens (including phenoxy) is 1.